The lowest BCUT2D eigenvalue weighted by molar-refractivity contribution is -0.143. The Labute approximate surface area is 373 Å². The third kappa shape index (κ3) is 45.6. The predicted molar refractivity (Wildman–Crippen MR) is 259 cm³/mol. The van der Waals surface area contributed by atoms with Crippen LogP contribution in [0.15, 0.2) is 36.5 Å². The fourth-order valence-electron chi connectivity index (χ4n) is 7.80. The number of esters is 1. The molecule has 0 fully saturated rings. The molecule has 0 saturated heterocycles. The Bertz CT molecular complexity index is 977. The van der Waals surface area contributed by atoms with Crippen molar-refractivity contribution < 1.29 is 24.5 Å². The number of nitrogens with one attached hydrogen (secondary N) is 1. The summed E-state index contributed by atoms with van der Waals surface area (Å²) in [6.45, 7) is 4.81. The minimum absolute atomic E-state index is 0.0365. The molecule has 0 saturated carbocycles. The van der Waals surface area contributed by atoms with Gasteiger partial charge in [-0.1, -0.05) is 211 Å². The molecule has 60 heavy (non-hydrogen) atoms. The van der Waals surface area contributed by atoms with Gasteiger partial charge in [-0.15, -0.1) is 0 Å². The second kappa shape index (κ2) is 49.7. The van der Waals surface area contributed by atoms with Crippen molar-refractivity contribution in [3.05, 3.63) is 36.5 Å². The van der Waals surface area contributed by atoms with Crippen molar-refractivity contribution in [1.29, 1.82) is 0 Å². The van der Waals surface area contributed by atoms with Gasteiger partial charge < -0.3 is 20.3 Å². The van der Waals surface area contributed by atoms with Crippen LogP contribution in [0.25, 0.3) is 0 Å². The van der Waals surface area contributed by atoms with Gasteiger partial charge in [-0.05, 0) is 83.5 Å². The third-order valence-corrected chi connectivity index (χ3v) is 11.9. The summed E-state index contributed by atoms with van der Waals surface area (Å²) in [6, 6.07) is -0.649. The lowest BCUT2D eigenvalue weighted by Crippen LogP contribution is -2.45. The molecular weight excluding hydrogens is 743 g/mol. The average Bonchev–Trinajstić information content (AvgIpc) is 3.25. The fourth-order valence-corrected chi connectivity index (χ4v) is 7.80. The quantitative estimate of drug-likeness (QED) is 0.0322. The van der Waals surface area contributed by atoms with Gasteiger partial charge >= 0.3 is 5.97 Å². The molecule has 0 heterocycles. The molecule has 0 spiro atoms. The number of allylic oxidation sites excluding steroid dienone is 5. The zero-order valence-corrected chi connectivity index (χ0v) is 39.9. The van der Waals surface area contributed by atoms with Crippen molar-refractivity contribution in [1.82, 2.24) is 5.32 Å². The van der Waals surface area contributed by atoms with E-state index in [1.165, 1.54) is 161 Å². The smallest absolute Gasteiger partial charge is 0.305 e. The summed E-state index contributed by atoms with van der Waals surface area (Å²) in [5.74, 6) is -0.134. The molecule has 0 bridgehead atoms. The Morgan fingerprint density at radius 1 is 0.450 bits per heavy atom. The maximum Gasteiger partial charge on any atom is 0.305 e. The molecular formula is C54H101NO5. The van der Waals surface area contributed by atoms with Gasteiger partial charge in [-0.2, -0.15) is 0 Å². The van der Waals surface area contributed by atoms with Gasteiger partial charge in [0.2, 0.25) is 5.91 Å². The largest absolute Gasteiger partial charge is 0.466 e. The standard InChI is InChI=1S/C54H101NO5/c1-3-5-7-9-11-13-15-17-19-20-21-22-24-28-32-36-40-44-48-54(59)60-49-45-41-37-33-29-25-27-31-35-39-43-47-53(58)55-51(50-56)52(57)46-42-38-34-30-26-23-18-16-14-12-10-8-6-4-2/h19-20,29,33,42,46,51-52,56-57H,3-18,21-28,30-32,34-41,43-45,47-50H2,1-2H3,(H,55,58)/b20-19-,33-29-,46-42+. The number of carbonyl (C=O) groups is 2. The van der Waals surface area contributed by atoms with Gasteiger partial charge in [0, 0.05) is 12.8 Å². The Morgan fingerprint density at radius 3 is 1.18 bits per heavy atom. The topological polar surface area (TPSA) is 95.9 Å². The summed E-state index contributed by atoms with van der Waals surface area (Å²) in [5, 5.41) is 23.0. The highest BCUT2D eigenvalue weighted by atomic mass is 16.5. The van der Waals surface area contributed by atoms with Crippen LogP contribution in [0.5, 0.6) is 0 Å². The summed E-state index contributed by atoms with van der Waals surface area (Å²) in [7, 11) is 0. The van der Waals surface area contributed by atoms with Gasteiger partial charge in [0.05, 0.1) is 25.4 Å². The Morgan fingerprint density at radius 2 is 0.783 bits per heavy atom. The Kier molecular flexibility index (Phi) is 48.1. The van der Waals surface area contributed by atoms with Crippen molar-refractivity contribution in [3.8, 4) is 0 Å². The second-order valence-electron chi connectivity index (χ2n) is 17.8. The normalized spacial score (nSPS) is 12.9. The van der Waals surface area contributed by atoms with E-state index in [-0.39, 0.29) is 18.5 Å². The van der Waals surface area contributed by atoms with Crippen LogP contribution in [-0.2, 0) is 14.3 Å². The predicted octanol–water partition coefficient (Wildman–Crippen LogP) is 15.7. The first-order valence-electron chi connectivity index (χ1n) is 26.3. The van der Waals surface area contributed by atoms with Crippen molar-refractivity contribution in [3.63, 3.8) is 0 Å². The molecule has 0 radical (unpaired) electrons. The number of amides is 1. The van der Waals surface area contributed by atoms with E-state index in [9.17, 15) is 19.8 Å². The number of aliphatic hydroxyl groups is 2. The Hall–Kier alpha value is -1.92. The van der Waals surface area contributed by atoms with E-state index in [1.54, 1.807) is 6.08 Å². The minimum Gasteiger partial charge on any atom is -0.466 e. The number of ether oxygens (including phenoxy) is 1. The fraction of sp³-hybridized carbons (Fsp3) is 0.852. The highest BCUT2D eigenvalue weighted by molar-refractivity contribution is 5.76. The van der Waals surface area contributed by atoms with Gasteiger partial charge in [-0.25, -0.2) is 0 Å². The maximum absolute atomic E-state index is 12.4. The first-order valence-corrected chi connectivity index (χ1v) is 26.3. The van der Waals surface area contributed by atoms with E-state index >= 15 is 0 Å². The van der Waals surface area contributed by atoms with E-state index < -0.39 is 12.1 Å². The number of hydrogen-bond acceptors (Lipinski definition) is 5. The van der Waals surface area contributed by atoms with Crippen LogP contribution in [0.2, 0.25) is 0 Å². The lowest BCUT2D eigenvalue weighted by atomic mass is 10.0. The van der Waals surface area contributed by atoms with Crippen LogP contribution in [0.3, 0.4) is 0 Å². The first kappa shape index (κ1) is 58.1. The van der Waals surface area contributed by atoms with Crippen molar-refractivity contribution in [2.75, 3.05) is 13.2 Å². The zero-order valence-electron chi connectivity index (χ0n) is 39.9. The average molecular weight is 844 g/mol. The molecule has 0 aromatic rings. The Balaban J connectivity index is 3.54. The van der Waals surface area contributed by atoms with Crippen molar-refractivity contribution >= 4 is 11.9 Å². The van der Waals surface area contributed by atoms with E-state index in [4.69, 9.17) is 4.74 Å². The van der Waals surface area contributed by atoms with Crippen molar-refractivity contribution in [2.45, 2.75) is 283 Å². The molecule has 0 aromatic heterocycles. The zero-order chi connectivity index (χ0) is 43.7. The summed E-state index contributed by atoms with van der Waals surface area (Å²) in [5.41, 5.74) is 0. The molecule has 1 amide bonds. The van der Waals surface area contributed by atoms with E-state index in [2.05, 4.69) is 43.5 Å². The lowest BCUT2D eigenvalue weighted by Gasteiger charge is -2.20. The molecule has 6 nitrogen and oxygen atoms in total. The molecule has 0 aliphatic heterocycles. The number of rotatable bonds is 48. The molecule has 2 unspecified atom stereocenters. The van der Waals surface area contributed by atoms with Gasteiger partial charge in [0.15, 0.2) is 0 Å². The summed E-state index contributed by atoms with van der Waals surface area (Å²) in [6.07, 6.45) is 60.0. The van der Waals surface area contributed by atoms with Crippen LogP contribution in [0.1, 0.15) is 271 Å². The minimum atomic E-state index is -0.862. The molecule has 2 atom stereocenters. The second-order valence-corrected chi connectivity index (χ2v) is 17.8. The summed E-state index contributed by atoms with van der Waals surface area (Å²) in [4.78, 5) is 24.5. The molecule has 6 heteroatoms. The first-order chi connectivity index (χ1) is 29.5. The van der Waals surface area contributed by atoms with E-state index in [0.717, 1.165) is 83.5 Å². The SMILES string of the molecule is CCCCCCCCC/C=C\CCCCCCCCCC(=O)OCCCC/C=C\CCCCCCCC(=O)NC(CO)C(O)/C=C/CCCCCCCCCCCCCC. The van der Waals surface area contributed by atoms with Gasteiger partial charge in [0.25, 0.3) is 0 Å². The van der Waals surface area contributed by atoms with E-state index in [1.807, 2.05) is 6.08 Å². The third-order valence-electron chi connectivity index (χ3n) is 11.9. The summed E-state index contributed by atoms with van der Waals surface area (Å²) >= 11 is 0. The summed E-state index contributed by atoms with van der Waals surface area (Å²) < 4.78 is 5.44. The molecule has 0 aliphatic rings. The van der Waals surface area contributed by atoms with Crippen LogP contribution >= 0.6 is 0 Å². The van der Waals surface area contributed by atoms with Crippen LogP contribution in [0, 0.1) is 0 Å². The highest BCUT2D eigenvalue weighted by Gasteiger charge is 2.18. The monoisotopic (exact) mass is 844 g/mol. The molecule has 0 aromatic carbocycles. The molecule has 0 aliphatic carbocycles. The van der Waals surface area contributed by atoms with Gasteiger partial charge in [0.1, 0.15) is 0 Å². The van der Waals surface area contributed by atoms with E-state index in [0.29, 0.717) is 19.4 Å². The van der Waals surface area contributed by atoms with Crippen LogP contribution in [-0.4, -0.2) is 47.4 Å². The molecule has 3 N–H and O–H groups in total. The number of unbranched alkanes of at least 4 members (excludes halogenated alkanes) is 33. The maximum atomic E-state index is 12.4. The number of hydrogen-bond donors (Lipinski definition) is 3. The number of aliphatic hydroxyl groups excluding tert-OH is 2. The van der Waals surface area contributed by atoms with Crippen LogP contribution in [0.4, 0.5) is 0 Å². The van der Waals surface area contributed by atoms with Crippen LogP contribution < -0.4 is 5.32 Å². The molecule has 352 valence electrons. The molecule has 0 rings (SSSR count). The van der Waals surface area contributed by atoms with Gasteiger partial charge in [-0.3, -0.25) is 9.59 Å². The van der Waals surface area contributed by atoms with Crippen molar-refractivity contribution in [2.24, 2.45) is 0 Å². The highest BCUT2D eigenvalue weighted by Crippen LogP contribution is 2.15. The number of carbonyl (C=O) groups excluding carboxylic acids is 2.